The van der Waals surface area contributed by atoms with Crippen LogP contribution in [0, 0.1) is 12.8 Å². The van der Waals surface area contributed by atoms with E-state index in [1.54, 1.807) is 6.20 Å². The van der Waals surface area contributed by atoms with E-state index in [1.807, 2.05) is 54.3 Å². The van der Waals surface area contributed by atoms with Crippen LogP contribution in [0.4, 0.5) is 0 Å². The van der Waals surface area contributed by atoms with Gasteiger partial charge in [-0.15, -0.1) is 0 Å². The molecule has 1 N–H and O–H groups in total. The Bertz CT molecular complexity index is 913. The lowest BCUT2D eigenvalue weighted by molar-refractivity contribution is 0.0688. The summed E-state index contributed by atoms with van der Waals surface area (Å²) >= 11 is 0. The second-order valence-electron chi connectivity index (χ2n) is 7.05. The first kappa shape index (κ1) is 17.4. The molecule has 138 valence electrons. The summed E-state index contributed by atoms with van der Waals surface area (Å²) in [5.74, 6) is 2.26. The molecular weight excluding hydrogens is 338 g/mol. The molecule has 0 atom stereocenters. The number of rotatable bonds is 4. The first-order valence-electron chi connectivity index (χ1n) is 9.38. The lowest BCUT2D eigenvalue weighted by atomic mass is 9.93. The van der Waals surface area contributed by atoms with Crippen molar-refractivity contribution in [2.75, 3.05) is 13.1 Å². The molecule has 1 saturated heterocycles. The topological polar surface area (TPSA) is 74.8 Å². The molecule has 2 aromatic heterocycles. The zero-order valence-electron chi connectivity index (χ0n) is 15.4. The van der Waals surface area contributed by atoms with Gasteiger partial charge in [-0.3, -0.25) is 14.9 Å². The van der Waals surface area contributed by atoms with Gasteiger partial charge in [0.2, 0.25) is 0 Å². The van der Waals surface area contributed by atoms with Gasteiger partial charge in [0.1, 0.15) is 5.82 Å². The number of carbonyl (C=O) groups excluding carboxylic acids is 1. The molecule has 0 bridgehead atoms. The smallest absolute Gasteiger partial charge is 0.255 e. The van der Waals surface area contributed by atoms with Crippen LogP contribution in [0.25, 0.3) is 11.4 Å². The summed E-state index contributed by atoms with van der Waals surface area (Å²) in [4.78, 5) is 23.5. The molecule has 27 heavy (non-hydrogen) atoms. The van der Waals surface area contributed by atoms with Gasteiger partial charge in [0.25, 0.3) is 5.91 Å². The number of aromatic nitrogens is 4. The van der Waals surface area contributed by atoms with E-state index in [9.17, 15) is 4.79 Å². The van der Waals surface area contributed by atoms with Crippen LogP contribution in [0.1, 0.15) is 34.7 Å². The maximum atomic E-state index is 12.7. The number of aryl methyl sites for hydroxylation is 1. The van der Waals surface area contributed by atoms with Gasteiger partial charge in [-0.2, -0.15) is 5.10 Å². The molecule has 6 heteroatoms. The highest BCUT2D eigenvalue weighted by Gasteiger charge is 2.25. The maximum absolute atomic E-state index is 12.7. The highest BCUT2D eigenvalue weighted by molar-refractivity contribution is 5.95. The van der Waals surface area contributed by atoms with Crippen molar-refractivity contribution < 1.29 is 4.79 Å². The number of piperidine rings is 1. The molecule has 1 amide bonds. The predicted octanol–water partition coefficient (Wildman–Crippen LogP) is 3.27. The molecular formula is C21H23N5O. The zero-order valence-corrected chi connectivity index (χ0v) is 15.4. The molecule has 1 aromatic carbocycles. The lowest BCUT2D eigenvalue weighted by Crippen LogP contribution is -2.39. The average Bonchev–Trinajstić information content (AvgIpc) is 3.18. The molecule has 0 radical (unpaired) electrons. The van der Waals surface area contributed by atoms with Gasteiger partial charge in [0, 0.05) is 37.0 Å². The number of carbonyl (C=O) groups is 1. The molecule has 3 aromatic rings. The molecule has 0 aliphatic carbocycles. The van der Waals surface area contributed by atoms with Crippen LogP contribution < -0.4 is 0 Å². The third-order valence-corrected chi connectivity index (χ3v) is 5.18. The Balaban J connectivity index is 1.34. The minimum absolute atomic E-state index is 0.0880. The number of H-pyrrole nitrogens is 1. The van der Waals surface area contributed by atoms with Crippen LogP contribution in [0.15, 0.2) is 48.7 Å². The monoisotopic (exact) mass is 361 g/mol. The average molecular weight is 361 g/mol. The Morgan fingerprint density at radius 2 is 1.93 bits per heavy atom. The number of amides is 1. The van der Waals surface area contributed by atoms with Gasteiger partial charge in [-0.05, 0) is 37.8 Å². The second kappa shape index (κ2) is 7.70. The first-order valence-corrected chi connectivity index (χ1v) is 9.38. The second-order valence-corrected chi connectivity index (χ2v) is 7.05. The number of nitrogens with zero attached hydrogens (tertiary/aromatic N) is 4. The van der Waals surface area contributed by atoms with Gasteiger partial charge in [-0.25, -0.2) is 4.98 Å². The normalized spacial score (nSPS) is 15.1. The van der Waals surface area contributed by atoms with Crippen LogP contribution in [-0.4, -0.2) is 44.1 Å². The summed E-state index contributed by atoms with van der Waals surface area (Å²) in [7, 11) is 0. The fraction of sp³-hybridized carbons (Fsp3) is 0.333. The Kier molecular flexibility index (Phi) is 4.96. The van der Waals surface area contributed by atoms with Gasteiger partial charge in [0.05, 0.1) is 5.56 Å². The zero-order chi connectivity index (χ0) is 18.6. The highest BCUT2D eigenvalue weighted by atomic mass is 16.2. The van der Waals surface area contributed by atoms with Gasteiger partial charge in [0.15, 0.2) is 5.82 Å². The Morgan fingerprint density at radius 1 is 1.15 bits per heavy atom. The fourth-order valence-corrected chi connectivity index (χ4v) is 3.60. The Labute approximate surface area is 158 Å². The Hall–Kier alpha value is -3.02. The van der Waals surface area contributed by atoms with E-state index in [4.69, 9.17) is 0 Å². The van der Waals surface area contributed by atoms with Crippen LogP contribution in [0.5, 0.6) is 0 Å². The summed E-state index contributed by atoms with van der Waals surface area (Å²) in [5.41, 5.74) is 2.52. The third kappa shape index (κ3) is 3.89. The van der Waals surface area contributed by atoms with Crippen molar-refractivity contribution in [1.29, 1.82) is 0 Å². The van der Waals surface area contributed by atoms with Crippen LogP contribution in [-0.2, 0) is 6.42 Å². The molecule has 0 spiro atoms. The van der Waals surface area contributed by atoms with Crippen molar-refractivity contribution in [1.82, 2.24) is 25.1 Å². The molecule has 6 nitrogen and oxygen atoms in total. The summed E-state index contributed by atoms with van der Waals surface area (Å²) < 4.78 is 0. The minimum atomic E-state index is 0.0880. The van der Waals surface area contributed by atoms with Crippen molar-refractivity contribution >= 4 is 5.91 Å². The van der Waals surface area contributed by atoms with E-state index < -0.39 is 0 Å². The molecule has 0 saturated carbocycles. The molecule has 1 fully saturated rings. The van der Waals surface area contributed by atoms with E-state index in [-0.39, 0.29) is 5.91 Å². The number of hydrogen-bond acceptors (Lipinski definition) is 4. The first-order chi connectivity index (χ1) is 13.2. The van der Waals surface area contributed by atoms with Gasteiger partial charge < -0.3 is 4.90 Å². The van der Waals surface area contributed by atoms with E-state index in [1.165, 1.54) is 0 Å². The summed E-state index contributed by atoms with van der Waals surface area (Å²) in [6.07, 6.45) is 4.55. The SMILES string of the molecule is Cc1ncccc1C(=O)N1CCC(Cc2nc(-c3ccccc3)n[nH]2)CC1. The van der Waals surface area contributed by atoms with Crippen molar-refractivity contribution in [3.8, 4) is 11.4 Å². The standard InChI is InChI=1S/C21H23N5O/c1-15-18(8-5-11-22-15)21(27)26-12-9-16(10-13-26)14-19-23-20(25-24-19)17-6-3-2-4-7-17/h2-8,11,16H,9-10,12-14H2,1H3,(H,23,24,25). The number of benzene rings is 1. The quantitative estimate of drug-likeness (QED) is 0.774. The maximum Gasteiger partial charge on any atom is 0.255 e. The molecule has 3 heterocycles. The number of aromatic amines is 1. The number of hydrogen-bond donors (Lipinski definition) is 1. The van der Waals surface area contributed by atoms with Gasteiger partial charge in [-0.1, -0.05) is 30.3 Å². The molecule has 1 aliphatic rings. The molecule has 4 rings (SSSR count). The minimum Gasteiger partial charge on any atom is -0.339 e. The number of pyridine rings is 1. The van der Waals surface area contributed by atoms with Crippen molar-refractivity contribution in [2.45, 2.75) is 26.2 Å². The predicted molar refractivity (Wildman–Crippen MR) is 103 cm³/mol. The van der Waals surface area contributed by atoms with E-state index in [0.29, 0.717) is 11.5 Å². The Morgan fingerprint density at radius 3 is 2.67 bits per heavy atom. The van der Waals surface area contributed by atoms with Gasteiger partial charge >= 0.3 is 0 Å². The molecule has 0 unspecified atom stereocenters. The summed E-state index contributed by atoms with van der Waals surface area (Å²) in [6.45, 7) is 3.43. The highest BCUT2D eigenvalue weighted by Crippen LogP contribution is 2.23. The van der Waals surface area contributed by atoms with Crippen LogP contribution in [0.3, 0.4) is 0 Å². The fourth-order valence-electron chi connectivity index (χ4n) is 3.60. The van der Waals surface area contributed by atoms with Crippen molar-refractivity contribution in [3.63, 3.8) is 0 Å². The summed E-state index contributed by atoms with van der Waals surface area (Å²) in [6, 6.07) is 13.7. The number of nitrogens with one attached hydrogen (secondary N) is 1. The number of likely N-dealkylation sites (tertiary alicyclic amines) is 1. The van der Waals surface area contributed by atoms with Crippen LogP contribution in [0.2, 0.25) is 0 Å². The summed E-state index contributed by atoms with van der Waals surface area (Å²) in [5, 5.41) is 7.41. The van der Waals surface area contributed by atoms with E-state index >= 15 is 0 Å². The van der Waals surface area contributed by atoms with Crippen molar-refractivity contribution in [2.24, 2.45) is 5.92 Å². The van der Waals surface area contributed by atoms with Crippen LogP contribution >= 0.6 is 0 Å². The van der Waals surface area contributed by atoms with E-state index in [2.05, 4.69) is 20.2 Å². The van der Waals surface area contributed by atoms with Crippen molar-refractivity contribution in [3.05, 3.63) is 65.7 Å². The lowest BCUT2D eigenvalue weighted by Gasteiger charge is -2.32. The van der Waals surface area contributed by atoms with E-state index in [0.717, 1.165) is 55.3 Å². The largest absolute Gasteiger partial charge is 0.339 e. The third-order valence-electron chi connectivity index (χ3n) is 5.18. The molecule has 1 aliphatic heterocycles.